The zero-order valence-corrected chi connectivity index (χ0v) is 19.4. The molecule has 0 aliphatic carbocycles. The largest absolute Gasteiger partial charge is 0.334 e. The van der Waals surface area contributed by atoms with Crippen molar-refractivity contribution in [2.24, 2.45) is 0 Å². The van der Waals surface area contributed by atoms with Gasteiger partial charge in [-0.2, -0.15) is 0 Å². The Labute approximate surface area is 202 Å². The zero-order valence-electron chi connectivity index (χ0n) is 19.4. The maximum Gasteiger partial charge on any atom is 0.319 e. The van der Waals surface area contributed by atoms with Crippen molar-refractivity contribution in [3.63, 3.8) is 0 Å². The summed E-state index contributed by atoms with van der Waals surface area (Å²) in [6.07, 6.45) is 0.645. The van der Waals surface area contributed by atoms with E-state index in [1.165, 1.54) is 6.07 Å². The summed E-state index contributed by atoms with van der Waals surface area (Å²) in [7, 11) is 0. The van der Waals surface area contributed by atoms with E-state index in [1.54, 1.807) is 26.0 Å². The highest BCUT2D eigenvalue weighted by atomic mass is 16.2. The minimum atomic E-state index is -1.11. The van der Waals surface area contributed by atoms with Crippen molar-refractivity contribution in [2.45, 2.75) is 32.9 Å². The molecule has 3 aromatic carbocycles. The van der Waals surface area contributed by atoms with Gasteiger partial charge in [0.05, 0.1) is 5.69 Å². The van der Waals surface area contributed by atoms with E-state index in [9.17, 15) is 24.0 Å². The zero-order chi connectivity index (χ0) is 25.4. The number of nitrogens with one attached hydrogen (secondary N) is 3. The molecular formula is C26H26N4O5. The number of hydrogen-bond donors (Lipinski definition) is 3. The summed E-state index contributed by atoms with van der Waals surface area (Å²) in [5.41, 5.74) is 2.24. The van der Waals surface area contributed by atoms with Crippen molar-refractivity contribution in [3.05, 3.63) is 77.4 Å². The molecule has 3 rings (SSSR count). The van der Waals surface area contributed by atoms with Crippen LogP contribution in [0.5, 0.6) is 0 Å². The fraction of sp³-hybridized carbons (Fsp3) is 0.192. The molecule has 0 radical (unpaired) electrons. The van der Waals surface area contributed by atoms with Crippen LogP contribution in [0.2, 0.25) is 0 Å². The molecule has 0 spiro atoms. The van der Waals surface area contributed by atoms with Gasteiger partial charge in [0.2, 0.25) is 18.7 Å². The van der Waals surface area contributed by atoms with Crippen LogP contribution in [0.25, 0.3) is 10.8 Å². The van der Waals surface area contributed by atoms with Gasteiger partial charge in [0.1, 0.15) is 6.04 Å². The van der Waals surface area contributed by atoms with Gasteiger partial charge in [-0.15, -0.1) is 0 Å². The standard InChI is InChI=1S/C26H26N4O5/c1-3-23(24(33)28-15-31)30(16-32)25(34)20-12-11-18(13-17(20)2)14-27-26(35)29-22-10-6-8-19-7-4-5-9-21(19)22/h4-13,15-16,23H,3,14H2,1-2H3,(H2,27,29,35)(H,28,31,33). The lowest BCUT2D eigenvalue weighted by molar-refractivity contribution is -0.133. The first kappa shape index (κ1) is 25.1. The molecule has 9 heteroatoms. The molecular weight excluding hydrogens is 448 g/mol. The summed E-state index contributed by atoms with van der Waals surface area (Å²) in [6.45, 7) is 3.54. The first-order chi connectivity index (χ1) is 16.9. The van der Waals surface area contributed by atoms with Crippen molar-refractivity contribution >= 4 is 47.1 Å². The van der Waals surface area contributed by atoms with E-state index < -0.39 is 17.9 Å². The van der Waals surface area contributed by atoms with Crippen LogP contribution >= 0.6 is 0 Å². The summed E-state index contributed by atoms with van der Waals surface area (Å²) in [6, 6.07) is 16.8. The predicted octanol–water partition coefficient (Wildman–Crippen LogP) is 3.12. The number of imide groups is 2. The lowest BCUT2D eigenvalue weighted by Crippen LogP contribution is -2.48. The fourth-order valence-corrected chi connectivity index (χ4v) is 3.82. The average molecular weight is 475 g/mol. The summed E-state index contributed by atoms with van der Waals surface area (Å²) in [5.74, 6) is -1.39. The highest BCUT2D eigenvalue weighted by molar-refractivity contribution is 6.05. The fourth-order valence-electron chi connectivity index (χ4n) is 3.82. The SMILES string of the molecule is CCC(C(=O)NC=O)N(C=O)C(=O)c1ccc(CNC(=O)Nc2cccc3ccccc23)cc1C. The van der Waals surface area contributed by atoms with Crippen LogP contribution in [0.3, 0.4) is 0 Å². The number of hydrogen-bond acceptors (Lipinski definition) is 5. The highest BCUT2D eigenvalue weighted by Gasteiger charge is 2.29. The molecule has 0 aromatic heterocycles. The Hall–Kier alpha value is -4.53. The Bertz CT molecular complexity index is 1270. The van der Waals surface area contributed by atoms with Gasteiger partial charge in [0, 0.05) is 17.5 Å². The number of amides is 6. The molecule has 6 amide bonds. The predicted molar refractivity (Wildman–Crippen MR) is 132 cm³/mol. The number of carbonyl (C=O) groups is 5. The molecule has 3 N–H and O–H groups in total. The Kier molecular flexibility index (Phi) is 8.29. The van der Waals surface area contributed by atoms with Gasteiger partial charge in [-0.25, -0.2) is 4.79 Å². The van der Waals surface area contributed by atoms with E-state index in [-0.39, 0.29) is 37.4 Å². The maximum absolute atomic E-state index is 12.9. The molecule has 0 aliphatic heterocycles. The lowest BCUT2D eigenvalue weighted by Gasteiger charge is -2.24. The summed E-state index contributed by atoms with van der Waals surface area (Å²) in [5, 5.41) is 9.56. The summed E-state index contributed by atoms with van der Waals surface area (Å²) >= 11 is 0. The smallest absolute Gasteiger partial charge is 0.319 e. The Morgan fingerprint density at radius 3 is 2.43 bits per heavy atom. The molecule has 0 saturated carbocycles. The molecule has 0 aliphatic rings. The number of urea groups is 1. The van der Waals surface area contributed by atoms with Crippen LogP contribution in [-0.4, -0.2) is 41.6 Å². The lowest BCUT2D eigenvalue weighted by atomic mass is 10.0. The first-order valence-electron chi connectivity index (χ1n) is 11.0. The van der Waals surface area contributed by atoms with Crippen molar-refractivity contribution in [2.75, 3.05) is 5.32 Å². The maximum atomic E-state index is 12.9. The van der Waals surface area contributed by atoms with Crippen molar-refractivity contribution < 1.29 is 24.0 Å². The monoisotopic (exact) mass is 474 g/mol. The van der Waals surface area contributed by atoms with Crippen LogP contribution in [0.1, 0.15) is 34.8 Å². The molecule has 0 saturated heterocycles. The molecule has 1 unspecified atom stereocenters. The molecule has 35 heavy (non-hydrogen) atoms. The molecule has 0 heterocycles. The summed E-state index contributed by atoms with van der Waals surface area (Å²) in [4.78, 5) is 60.4. The third-order valence-electron chi connectivity index (χ3n) is 5.59. The number of benzene rings is 3. The minimum absolute atomic E-state index is 0.150. The van der Waals surface area contributed by atoms with Gasteiger partial charge in [-0.3, -0.25) is 29.4 Å². The van der Waals surface area contributed by atoms with E-state index >= 15 is 0 Å². The van der Waals surface area contributed by atoms with Gasteiger partial charge < -0.3 is 10.6 Å². The Balaban J connectivity index is 1.67. The van der Waals surface area contributed by atoms with E-state index in [4.69, 9.17) is 0 Å². The summed E-state index contributed by atoms with van der Waals surface area (Å²) < 4.78 is 0. The number of aryl methyl sites for hydroxylation is 1. The van der Waals surface area contributed by atoms with Gasteiger partial charge in [0.25, 0.3) is 5.91 Å². The third-order valence-corrected chi connectivity index (χ3v) is 5.59. The van der Waals surface area contributed by atoms with Gasteiger partial charge in [-0.05, 0) is 42.0 Å². The van der Waals surface area contributed by atoms with Crippen LogP contribution in [-0.2, 0) is 20.9 Å². The average Bonchev–Trinajstić information content (AvgIpc) is 2.86. The normalized spacial score (nSPS) is 11.3. The van der Waals surface area contributed by atoms with Crippen LogP contribution in [0.15, 0.2) is 60.7 Å². The van der Waals surface area contributed by atoms with Crippen LogP contribution < -0.4 is 16.0 Å². The molecule has 3 aromatic rings. The Morgan fingerprint density at radius 2 is 1.74 bits per heavy atom. The third kappa shape index (κ3) is 5.89. The number of fused-ring (bicyclic) bond motifs is 1. The van der Waals surface area contributed by atoms with Gasteiger partial charge in [0.15, 0.2) is 0 Å². The molecule has 180 valence electrons. The van der Waals surface area contributed by atoms with Crippen LogP contribution in [0.4, 0.5) is 10.5 Å². The molecule has 0 fully saturated rings. The second-order valence-corrected chi connectivity index (χ2v) is 7.85. The molecule has 9 nitrogen and oxygen atoms in total. The first-order valence-corrected chi connectivity index (χ1v) is 11.0. The second kappa shape index (κ2) is 11.6. The van der Waals surface area contributed by atoms with E-state index in [0.717, 1.165) is 21.2 Å². The highest BCUT2D eigenvalue weighted by Crippen LogP contribution is 2.23. The second-order valence-electron chi connectivity index (χ2n) is 7.85. The van der Waals surface area contributed by atoms with E-state index in [1.807, 2.05) is 47.8 Å². The van der Waals surface area contributed by atoms with Gasteiger partial charge in [-0.1, -0.05) is 55.5 Å². The molecule has 0 bridgehead atoms. The van der Waals surface area contributed by atoms with Crippen molar-refractivity contribution in [1.29, 1.82) is 0 Å². The van der Waals surface area contributed by atoms with E-state index in [2.05, 4.69) is 10.6 Å². The van der Waals surface area contributed by atoms with Crippen LogP contribution in [0, 0.1) is 6.92 Å². The van der Waals surface area contributed by atoms with Crippen molar-refractivity contribution in [3.8, 4) is 0 Å². The van der Waals surface area contributed by atoms with Crippen molar-refractivity contribution in [1.82, 2.24) is 15.5 Å². The van der Waals surface area contributed by atoms with E-state index in [0.29, 0.717) is 11.3 Å². The number of rotatable bonds is 9. The Morgan fingerprint density at radius 1 is 1.00 bits per heavy atom. The number of nitrogens with zero attached hydrogens (tertiary/aromatic N) is 1. The van der Waals surface area contributed by atoms with Gasteiger partial charge >= 0.3 is 6.03 Å². The molecule has 1 atom stereocenters. The number of carbonyl (C=O) groups excluding carboxylic acids is 5. The topological polar surface area (TPSA) is 125 Å². The number of anilines is 1. The quantitative estimate of drug-likeness (QED) is 0.411. The minimum Gasteiger partial charge on any atom is -0.334 e.